The standard InChI is InChI=1S/C18H21BrClN/c1-12-6-4-5-7-15(12)10-13(2)21-14(3)17-9-8-16(19)11-18(17)20/h4-9,11,13-14,21H,10H2,1-3H3. The summed E-state index contributed by atoms with van der Waals surface area (Å²) in [6.07, 6.45) is 1.02. The van der Waals surface area contributed by atoms with Gasteiger partial charge in [0.1, 0.15) is 0 Å². The van der Waals surface area contributed by atoms with Crippen LogP contribution in [0, 0.1) is 6.92 Å². The normalized spacial score (nSPS) is 14.0. The summed E-state index contributed by atoms with van der Waals surface area (Å²) >= 11 is 9.77. The molecule has 21 heavy (non-hydrogen) atoms. The quantitative estimate of drug-likeness (QED) is 0.716. The van der Waals surface area contributed by atoms with Gasteiger partial charge in [0.25, 0.3) is 0 Å². The van der Waals surface area contributed by atoms with Gasteiger partial charge in [-0.15, -0.1) is 0 Å². The Hall–Kier alpha value is -0.830. The molecule has 2 unspecified atom stereocenters. The molecule has 0 spiro atoms. The van der Waals surface area contributed by atoms with Gasteiger partial charge in [-0.3, -0.25) is 0 Å². The van der Waals surface area contributed by atoms with Crippen molar-refractivity contribution >= 4 is 27.5 Å². The molecular formula is C18H21BrClN. The molecule has 0 fully saturated rings. The van der Waals surface area contributed by atoms with Gasteiger partial charge in [-0.1, -0.05) is 57.9 Å². The van der Waals surface area contributed by atoms with E-state index in [4.69, 9.17) is 11.6 Å². The van der Waals surface area contributed by atoms with E-state index in [0.29, 0.717) is 6.04 Å². The van der Waals surface area contributed by atoms with Gasteiger partial charge in [0.15, 0.2) is 0 Å². The molecule has 0 saturated heterocycles. The fourth-order valence-electron chi connectivity index (χ4n) is 2.60. The molecule has 112 valence electrons. The smallest absolute Gasteiger partial charge is 0.0464 e. The van der Waals surface area contributed by atoms with E-state index in [0.717, 1.165) is 21.5 Å². The van der Waals surface area contributed by atoms with Crippen molar-refractivity contribution < 1.29 is 0 Å². The lowest BCUT2D eigenvalue weighted by Crippen LogP contribution is -2.31. The first-order chi connectivity index (χ1) is 9.97. The molecule has 2 aromatic rings. The maximum Gasteiger partial charge on any atom is 0.0464 e. The van der Waals surface area contributed by atoms with Crippen LogP contribution in [0.4, 0.5) is 0 Å². The Labute approximate surface area is 140 Å². The van der Waals surface area contributed by atoms with Crippen molar-refractivity contribution in [3.63, 3.8) is 0 Å². The van der Waals surface area contributed by atoms with Crippen molar-refractivity contribution in [2.75, 3.05) is 0 Å². The highest BCUT2D eigenvalue weighted by Crippen LogP contribution is 2.26. The average molecular weight is 367 g/mol. The summed E-state index contributed by atoms with van der Waals surface area (Å²) in [6.45, 7) is 6.54. The highest BCUT2D eigenvalue weighted by molar-refractivity contribution is 9.10. The van der Waals surface area contributed by atoms with Crippen molar-refractivity contribution in [2.24, 2.45) is 0 Å². The monoisotopic (exact) mass is 365 g/mol. The summed E-state index contributed by atoms with van der Waals surface area (Å²) in [5, 5.41) is 4.43. The highest BCUT2D eigenvalue weighted by atomic mass is 79.9. The third-order valence-corrected chi connectivity index (χ3v) is 4.57. The number of hydrogen-bond acceptors (Lipinski definition) is 1. The molecule has 0 aliphatic heterocycles. The molecule has 0 radical (unpaired) electrons. The molecule has 1 N–H and O–H groups in total. The molecule has 0 heterocycles. The van der Waals surface area contributed by atoms with E-state index in [1.807, 2.05) is 12.1 Å². The third kappa shape index (κ3) is 4.57. The molecule has 0 amide bonds. The van der Waals surface area contributed by atoms with Crippen LogP contribution in [0.3, 0.4) is 0 Å². The van der Waals surface area contributed by atoms with Gasteiger partial charge in [-0.25, -0.2) is 0 Å². The van der Waals surface area contributed by atoms with Crippen LogP contribution in [-0.2, 0) is 6.42 Å². The Morgan fingerprint density at radius 3 is 2.52 bits per heavy atom. The van der Waals surface area contributed by atoms with Crippen LogP contribution in [0.5, 0.6) is 0 Å². The second kappa shape index (κ2) is 7.44. The van der Waals surface area contributed by atoms with Crippen molar-refractivity contribution in [1.82, 2.24) is 5.32 Å². The molecule has 2 aromatic carbocycles. The Balaban J connectivity index is 2.02. The van der Waals surface area contributed by atoms with E-state index >= 15 is 0 Å². The zero-order chi connectivity index (χ0) is 15.4. The predicted octanol–water partition coefficient (Wildman–Crippen LogP) is 5.69. The molecule has 2 atom stereocenters. The Kier molecular flexibility index (Phi) is 5.86. The zero-order valence-corrected chi connectivity index (χ0v) is 15.0. The van der Waals surface area contributed by atoms with E-state index in [2.05, 4.69) is 72.3 Å². The summed E-state index contributed by atoms with van der Waals surface area (Å²) in [4.78, 5) is 0. The predicted molar refractivity (Wildman–Crippen MR) is 95.0 cm³/mol. The van der Waals surface area contributed by atoms with Crippen molar-refractivity contribution in [2.45, 2.75) is 39.3 Å². The number of rotatable bonds is 5. The molecule has 3 heteroatoms. The van der Waals surface area contributed by atoms with Gasteiger partial charge < -0.3 is 5.32 Å². The summed E-state index contributed by atoms with van der Waals surface area (Å²) in [5.41, 5.74) is 3.88. The average Bonchev–Trinajstić information content (AvgIpc) is 2.41. The number of hydrogen-bond donors (Lipinski definition) is 1. The van der Waals surface area contributed by atoms with Crippen LogP contribution in [0.25, 0.3) is 0 Å². The van der Waals surface area contributed by atoms with Crippen molar-refractivity contribution in [3.8, 4) is 0 Å². The van der Waals surface area contributed by atoms with E-state index in [1.165, 1.54) is 11.1 Å². The van der Waals surface area contributed by atoms with Crippen LogP contribution in [-0.4, -0.2) is 6.04 Å². The Morgan fingerprint density at radius 2 is 1.86 bits per heavy atom. The number of nitrogens with one attached hydrogen (secondary N) is 1. The zero-order valence-electron chi connectivity index (χ0n) is 12.7. The highest BCUT2D eigenvalue weighted by Gasteiger charge is 2.13. The van der Waals surface area contributed by atoms with Gasteiger partial charge in [0.2, 0.25) is 0 Å². The number of halogens is 2. The fraction of sp³-hybridized carbons (Fsp3) is 0.333. The minimum absolute atomic E-state index is 0.226. The lowest BCUT2D eigenvalue weighted by molar-refractivity contribution is 0.476. The summed E-state index contributed by atoms with van der Waals surface area (Å²) < 4.78 is 1.01. The number of aryl methyl sites for hydroxylation is 1. The van der Waals surface area contributed by atoms with Crippen LogP contribution < -0.4 is 5.32 Å². The van der Waals surface area contributed by atoms with Gasteiger partial charge in [0.05, 0.1) is 0 Å². The maximum atomic E-state index is 6.32. The molecule has 0 aliphatic rings. The van der Waals surface area contributed by atoms with Gasteiger partial charge in [-0.2, -0.15) is 0 Å². The van der Waals surface area contributed by atoms with Gasteiger partial charge in [0, 0.05) is 21.6 Å². The third-order valence-electron chi connectivity index (χ3n) is 3.75. The summed E-state index contributed by atoms with van der Waals surface area (Å²) in [5.74, 6) is 0. The van der Waals surface area contributed by atoms with Crippen LogP contribution in [0.2, 0.25) is 5.02 Å². The molecule has 1 nitrogen and oxygen atoms in total. The molecule has 2 rings (SSSR count). The van der Waals surface area contributed by atoms with E-state index < -0.39 is 0 Å². The van der Waals surface area contributed by atoms with Crippen LogP contribution in [0.1, 0.15) is 36.6 Å². The van der Waals surface area contributed by atoms with E-state index in [-0.39, 0.29) is 6.04 Å². The molecule has 0 aliphatic carbocycles. The largest absolute Gasteiger partial charge is 0.307 e. The molecule has 0 bridgehead atoms. The van der Waals surface area contributed by atoms with E-state index in [9.17, 15) is 0 Å². The maximum absolute atomic E-state index is 6.32. The Bertz CT molecular complexity index is 612. The van der Waals surface area contributed by atoms with Gasteiger partial charge in [-0.05, 0) is 56.0 Å². The summed E-state index contributed by atoms with van der Waals surface area (Å²) in [7, 11) is 0. The minimum Gasteiger partial charge on any atom is -0.307 e. The second-order valence-electron chi connectivity index (χ2n) is 5.59. The lowest BCUT2D eigenvalue weighted by atomic mass is 10.0. The first-order valence-corrected chi connectivity index (χ1v) is 8.40. The van der Waals surface area contributed by atoms with Crippen molar-refractivity contribution in [1.29, 1.82) is 0 Å². The lowest BCUT2D eigenvalue weighted by Gasteiger charge is -2.22. The Morgan fingerprint density at radius 1 is 1.14 bits per heavy atom. The molecular weight excluding hydrogens is 346 g/mol. The summed E-state index contributed by atoms with van der Waals surface area (Å²) in [6, 6.07) is 15.2. The topological polar surface area (TPSA) is 12.0 Å². The van der Waals surface area contributed by atoms with Crippen LogP contribution in [0.15, 0.2) is 46.9 Å². The van der Waals surface area contributed by atoms with Crippen LogP contribution >= 0.6 is 27.5 Å². The second-order valence-corrected chi connectivity index (χ2v) is 6.91. The van der Waals surface area contributed by atoms with E-state index in [1.54, 1.807) is 0 Å². The fourth-order valence-corrected chi connectivity index (χ4v) is 3.43. The molecule has 0 aromatic heterocycles. The first kappa shape index (κ1) is 16.5. The minimum atomic E-state index is 0.226. The number of benzene rings is 2. The molecule has 0 saturated carbocycles. The first-order valence-electron chi connectivity index (χ1n) is 7.23. The SMILES string of the molecule is Cc1ccccc1CC(C)NC(C)c1ccc(Br)cc1Cl. The van der Waals surface area contributed by atoms with Gasteiger partial charge >= 0.3 is 0 Å². The van der Waals surface area contributed by atoms with Crippen molar-refractivity contribution in [3.05, 3.63) is 68.7 Å².